The minimum Gasteiger partial charge on any atom is -0.471 e. The van der Waals surface area contributed by atoms with Gasteiger partial charge in [0, 0.05) is 26.7 Å². The summed E-state index contributed by atoms with van der Waals surface area (Å²) in [6, 6.07) is 3.68. The number of hydrogen-bond acceptors (Lipinski definition) is 8. The van der Waals surface area contributed by atoms with Crippen LogP contribution < -0.4 is 9.64 Å². The van der Waals surface area contributed by atoms with E-state index in [1.165, 1.54) is 11.5 Å². The summed E-state index contributed by atoms with van der Waals surface area (Å²) < 4.78 is 9.91. The zero-order valence-electron chi connectivity index (χ0n) is 15.4. The van der Waals surface area contributed by atoms with Crippen LogP contribution in [0, 0.1) is 0 Å². The quantitative estimate of drug-likeness (QED) is 0.762. The molecular weight excluding hydrogens is 352 g/mol. The van der Waals surface area contributed by atoms with Crippen LogP contribution in [-0.2, 0) is 6.42 Å². The molecule has 0 spiro atoms. The molecule has 0 saturated carbocycles. The summed E-state index contributed by atoms with van der Waals surface area (Å²) in [6.07, 6.45) is 3.43. The minimum absolute atomic E-state index is 0.00536. The molecule has 1 atom stereocenters. The van der Waals surface area contributed by atoms with Crippen molar-refractivity contribution in [2.75, 3.05) is 32.1 Å². The Morgan fingerprint density at radius 2 is 2.19 bits per heavy atom. The summed E-state index contributed by atoms with van der Waals surface area (Å²) in [5.41, 5.74) is 0.802. The highest BCUT2D eigenvalue weighted by Crippen LogP contribution is 2.21. The highest BCUT2D eigenvalue weighted by Gasteiger charge is 2.28. The summed E-state index contributed by atoms with van der Waals surface area (Å²) in [7, 11) is 3.83. The second-order valence-electron chi connectivity index (χ2n) is 6.56. The summed E-state index contributed by atoms with van der Waals surface area (Å²) in [5, 5.41) is 12.3. The number of ether oxygens (including phenoxy) is 1. The number of aromatic nitrogens is 4. The van der Waals surface area contributed by atoms with Crippen molar-refractivity contribution in [2.45, 2.75) is 38.7 Å². The predicted molar refractivity (Wildman–Crippen MR) is 99.8 cm³/mol. The number of carbonyl (C=O) groups excluding carboxylic acids is 1. The second-order valence-corrected chi connectivity index (χ2v) is 7.31. The van der Waals surface area contributed by atoms with Gasteiger partial charge >= 0.3 is 0 Å². The molecule has 1 aliphatic heterocycles. The van der Waals surface area contributed by atoms with E-state index in [0.29, 0.717) is 17.3 Å². The molecule has 8 nitrogen and oxygen atoms in total. The van der Waals surface area contributed by atoms with Crippen LogP contribution in [-0.4, -0.2) is 63.9 Å². The summed E-state index contributed by atoms with van der Waals surface area (Å²) in [6.45, 7) is 3.34. The molecule has 1 amide bonds. The average Bonchev–Trinajstić information content (AvgIpc) is 3.10. The van der Waals surface area contributed by atoms with E-state index in [-0.39, 0.29) is 12.0 Å². The first-order valence-electron chi connectivity index (χ1n) is 8.86. The SMILES string of the molecule is CCCc1nnsc1C(=O)N1CCCC(Oc2ccc(N(C)C)nn2)C1. The first-order chi connectivity index (χ1) is 12.6. The normalized spacial score (nSPS) is 17.2. The Labute approximate surface area is 157 Å². The zero-order chi connectivity index (χ0) is 18.5. The molecule has 2 aromatic rings. The summed E-state index contributed by atoms with van der Waals surface area (Å²) >= 11 is 1.18. The van der Waals surface area contributed by atoms with Crippen LogP contribution in [0.2, 0.25) is 0 Å². The van der Waals surface area contributed by atoms with E-state index in [1.807, 2.05) is 36.0 Å². The molecule has 0 aliphatic carbocycles. The van der Waals surface area contributed by atoms with Gasteiger partial charge in [0.25, 0.3) is 5.91 Å². The zero-order valence-corrected chi connectivity index (χ0v) is 16.2. The third kappa shape index (κ3) is 4.27. The van der Waals surface area contributed by atoms with E-state index in [9.17, 15) is 4.79 Å². The first-order valence-corrected chi connectivity index (χ1v) is 9.64. The van der Waals surface area contributed by atoms with Gasteiger partial charge in [-0.05, 0) is 36.9 Å². The standard InChI is InChI=1S/C17H24N6O2S/c1-4-6-13-16(26-21-18-13)17(24)23-10-5-7-12(11-23)25-15-9-8-14(19-20-15)22(2)3/h8-9,12H,4-7,10-11H2,1-3H3. The van der Waals surface area contributed by atoms with Crippen LogP contribution in [0.5, 0.6) is 5.88 Å². The number of hydrogen-bond donors (Lipinski definition) is 0. The Morgan fingerprint density at radius 3 is 2.88 bits per heavy atom. The van der Waals surface area contributed by atoms with Gasteiger partial charge < -0.3 is 14.5 Å². The molecule has 0 radical (unpaired) electrons. The molecule has 140 valence electrons. The largest absolute Gasteiger partial charge is 0.471 e. The van der Waals surface area contributed by atoms with Crippen molar-refractivity contribution < 1.29 is 9.53 Å². The average molecular weight is 376 g/mol. The number of rotatable bonds is 6. The number of anilines is 1. The lowest BCUT2D eigenvalue weighted by Crippen LogP contribution is -2.44. The Hall–Kier alpha value is -2.29. The van der Waals surface area contributed by atoms with Crippen molar-refractivity contribution in [3.63, 3.8) is 0 Å². The van der Waals surface area contributed by atoms with Gasteiger partial charge in [0.05, 0.1) is 12.2 Å². The topological polar surface area (TPSA) is 84.3 Å². The molecule has 0 bridgehead atoms. The molecule has 1 fully saturated rings. The summed E-state index contributed by atoms with van der Waals surface area (Å²) in [5.74, 6) is 1.27. The molecule has 9 heteroatoms. The van der Waals surface area contributed by atoms with Gasteiger partial charge in [0.1, 0.15) is 11.0 Å². The molecule has 1 unspecified atom stereocenters. The van der Waals surface area contributed by atoms with Gasteiger partial charge in [-0.2, -0.15) is 0 Å². The fraction of sp³-hybridized carbons (Fsp3) is 0.588. The maximum atomic E-state index is 12.8. The van der Waals surface area contributed by atoms with Gasteiger partial charge in [-0.25, -0.2) is 0 Å². The maximum absolute atomic E-state index is 12.8. The monoisotopic (exact) mass is 376 g/mol. The van der Waals surface area contributed by atoms with E-state index in [0.717, 1.165) is 43.7 Å². The molecule has 0 aromatic carbocycles. The fourth-order valence-corrected chi connectivity index (χ4v) is 3.60. The Kier molecular flexibility index (Phi) is 5.97. The smallest absolute Gasteiger partial charge is 0.267 e. The van der Waals surface area contributed by atoms with Crippen molar-refractivity contribution >= 4 is 23.3 Å². The first kappa shape index (κ1) is 18.5. The van der Waals surface area contributed by atoms with Crippen molar-refractivity contribution in [2.24, 2.45) is 0 Å². The van der Waals surface area contributed by atoms with Gasteiger partial charge in [-0.3, -0.25) is 4.79 Å². The highest BCUT2D eigenvalue weighted by atomic mass is 32.1. The second kappa shape index (κ2) is 8.39. The third-order valence-electron chi connectivity index (χ3n) is 4.27. The Bertz CT molecular complexity index is 733. The summed E-state index contributed by atoms with van der Waals surface area (Å²) in [4.78, 5) is 17.2. The van der Waals surface area contributed by atoms with Crippen molar-refractivity contribution in [1.82, 2.24) is 24.7 Å². The number of aryl methyl sites for hydroxylation is 1. The predicted octanol–water partition coefficient (Wildman–Crippen LogP) is 2.03. The lowest BCUT2D eigenvalue weighted by atomic mass is 10.1. The van der Waals surface area contributed by atoms with Crippen molar-refractivity contribution in [3.8, 4) is 5.88 Å². The molecule has 1 aliphatic rings. The lowest BCUT2D eigenvalue weighted by molar-refractivity contribution is 0.0528. The van der Waals surface area contributed by atoms with Crippen LogP contribution in [0.15, 0.2) is 12.1 Å². The number of nitrogens with zero attached hydrogens (tertiary/aromatic N) is 6. The van der Waals surface area contributed by atoms with E-state index in [1.54, 1.807) is 0 Å². The van der Waals surface area contributed by atoms with E-state index >= 15 is 0 Å². The van der Waals surface area contributed by atoms with Gasteiger partial charge in [-0.15, -0.1) is 15.3 Å². The van der Waals surface area contributed by atoms with Gasteiger partial charge in [0.2, 0.25) is 5.88 Å². The van der Waals surface area contributed by atoms with Crippen molar-refractivity contribution in [3.05, 3.63) is 22.7 Å². The number of carbonyl (C=O) groups is 1. The van der Waals surface area contributed by atoms with Crippen LogP contribution in [0.25, 0.3) is 0 Å². The van der Waals surface area contributed by atoms with Crippen LogP contribution in [0.1, 0.15) is 41.6 Å². The highest BCUT2D eigenvalue weighted by molar-refractivity contribution is 7.08. The molecule has 3 rings (SSSR count). The lowest BCUT2D eigenvalue weighted by Gasteiger charge is -2.32. The fourth-order valence-electron chi connectivity index (χ4n) is 2.92. The molecule has 3 heterocycles. The van der Waals surface area contributed by atoms with Crippen molar-refractivity contribution in [1.29, 1.82) is 0 Å². The molecule has 26 heavy (non-hydrogen) atoms. The minimum atomic E-state index is -0.0808. The molecule has 2 aromatic heterocycles. The van der Waals surface area contributed by atoms with Crippen LogP contribution in [0.4, 0.5) is 5.82 Å². The number of amides is 1. The third-order valence-corrected chi connectivity index (χ3v) is 5.03. The van der Waals surface area contributed by atoms with E-state index < -0.39 is 0 Å². The van der Waals surface area contributed by atoms with Gasteiger partial charge in [0.15, 0.2) is 5.82 Å². The Morgan fingerprint density at radius 1 is 1.35 bits per heavy atom. The maximum Gasteiger partial charge on any atom is 0.267 e. The van der Waals surface area contributed by atoms with E-state index in [4.69, 9.17) is 4.74 Å². The number of piperidine rings is 1. The molecule has 1 saturated heterocycles. The van der Waals surface area contributed by atoms with Gasteiger partial charge in [-0.1, -0.05) is 17.8 Å². The van der Waals surface area contributed by atoms with Crippen LogP contribution >= 0.6 is 11.5 Å². The Balaban J connectivity index is 1.63. The molecular formula is C17H24N6O2S. The molecule has 0 N–H and O–H groups in total. The van der Waals surface area contributed by atoms with E-state index in [2.05, 4.69) is 26.7 Å². The number of likely N-dealkylation sites (tertiary alicyclic amines) is 1. The van der Waals surface area contributed by atoms with Crippen LogP contribution in [0.3, 0.4) is 0 Å².